The molecule has 0 aromatic carbocycles. The third-order valence-electron chi connectivity index (χ3n) is 1.24. The first-order valence-corrected chi connectivity index (χ1v) is 5.70. The highest BCUT2D eigenvalue weighted by atomic mass is 31.2. The lowest BCUT2D eigenvalue weighted by molar-refractivity contribution is -0.116. The van der Waals surface area contributed by atoms with Crippen LogP contribution in [0.4, 0.5) is 0 Å². The fourth-order valence-corrected chi connectivity index (χ4v) is 1.79. The molecule has 0 saturated heterocycles. The summed E-state index contributed by atoms with van der Waals surface area (Å²) in [6.07, 6.45) is 0.741. The molecular formula is C7H15O4P. The summed E-state index contributed by atoms with van der Waals surface area (Å²) in [5, 5.41) is 0. The van der Waals surface area contributed by atoms with Gasteiger partial charge in [0, 0.05) is 6.42 Å². The van der Waals surface area contributed by atoms with Crippen LogP contribution in [0.15, 0.2) is 0 Å². The van der Waals surface area contributed by atoms with Gasteiger partial charge in [0.05, 0.1) is 12.8 Å². The minimum Gasteiger partial charge on any atom is -0.324 e. The van der Waals surface area contributed by atoms with E-state index in [1.54, 1.807) is 0 Å². The summed E-state index contributed by atoms with van der Waals surface area (Å²) in [6, 6.07) is 0. The predicted octanol–water partition coefficient (Wildman–Crippen LogP) is 1.58. The Kier molecular flexibility index (Phi) is 5.38. The SMILES string of the molecule is CCCOP(=O)(O)CCC(C)=O. The second-order valence-corrected chi connectivity index (χ2v) is 4.63. The first-order chi connectivity index (χ1) is 5.48. The van der Waals surface area contributed by atoms with E-state index in [1.807, 2.05) is 6.92 Å². The van der Waals surface area contributed by atoms with Crippen LogP contribution in [0.2, 0.25) is 0 Å². The van der Waals surface area contributed by atoms with Crippen LogP contribution < -0.4 is 0 Å². The molecule has 1 unspecified atom stereocenters. The molecule has 0 aliphatic heterocycles. The minimum absolute atomic E-state index is 0.0671. The van der Waals surface area contributed by atoms with E-state index in [4.69, 9.17) is 4.89 Å². The Labute approximate surface area is 72.5 Å². The molecule has 0 rings (SSSR count). The average Bonchev–Trinajstić information content (AvgIpc) is 1.98. The lowest BCUT2D eigenvalue weighted by atomic mass is 10.4. The Hall–Kier alpha value is -0.180. The second kappa shape index (κ2) is 5.46. The summed E-state index contributed by atoms with van der Waals surface area (Å²) in [5.41, 5.74) is 0. The van der Waals surface area contributed by atoms with Crippen molar-refractivity contribution in [2.24, 2.45) is 0 Å². The van der Waals surface area contributed by atoms with Gasteiger partial charge in [-0.2, -0.15) is 0 Å². The van der Waals surface area contributed by atoms with Crippen molar-refractivity contribution in [3.05, 3.63) is 0 Å². The summed E-state index contributed by atoms with van der Waals surface area (Å²) < 4.78 is 15.7. The lowest BCUT2D eigenvalue weighted by Crippen LogP contribution is -2.00. The summed E-state index contributed by atoms with van der Waals surface area (Å²) in [5.74, 6) is -0.0932. The van der Waals surface area contributed by atoms with E-state index >= 15 is 0 Å². The van der Waals surface area contributed by atoms with Crippen molar-refractivity contribution in [3.8, 4) is 0 Å². The molecule has 0 aliphatic carbocycles. The Morgan fingerprint density at radius 2 is 2.17 bits per heavy atom. The highest BCUT2D eigenvalue weighted by Crippen LogP contribution is 2.42. The zero-order valence-electron chi connectivity index (χ0n) is 7.45. The number of carbonyl (C=O) groups is 1. The number of carbonyl (C=O) groups excluding carboxylic acids is 1. The molecule has 0 aromatic heterocycles. The molecule has 5 heteroatoms. The Morgan fingerprint density at radius 1 is 1.58 bits per heavy atom. The standard InChI is InChI=1S/C7H15O4P/c1-3-5-11-12(9,10)6-4-7(2)8/h3-6H2,1-2H3,(H,9,10). The number of hydrogen-bond donors (Lipinski definition) is 1. The molecule has 72 valence electrons. The normalized spacial score (nSPS) is 15.6. The van der Waals surface area contributed by atoms with Gasteiger partial charge in [-0.25, -0.2) is 0 Å². The number of ketones is 1. The first kappa shape index (κ1) is 11.8. The van der Waals surface area contributed by atoms with Gasteiger partial charge in [0.1, 0.15) is 5.78 Å². The van der Waals surface area contributed by atoms with Gasteiger partial charge >= 0.3 is 7.60 Å². The Bertz CT molecular complexity index is 190. The first-order valence-electron chi connectivity index (χ1n) is 3.93. The van der Waals surface area contributed by atoms with Gasteiger partial charge in [0.2, 0.25) is 0 Å². The van der Waals surface area contributed by atoms with Gasteiger partial charge in [0.15, 0.2) is 0 Å². The van der Waals surface area contributed by atoms with Crippen LogP contribution in [-0.4, -0.2) is 23.4 Å². The van der Waals surface area contributed by atoms with Gasteiger partial charge in [0.25, 0.3) is 0 Å². The molecule has 0 aliphatic rings. The van der Waals surface area contributed by atoms with Crippen molar-refractivity contribution < 1.29 is 18.8 Å². The van der Waals surface area contributed by atoms with E-state index in [0.717, 1.165) is 0 Å². The van der Waals surface area contributed by atoms with E-state index in [1.165, 1.54) is 6.92 Å². The highest BCUT2D eigenvalue weighted by molar-refractivity contribution is 7.52. The van der Waals surface area contributed by atoms with Gasteiger partial charge < -0.3 is 14.2 Å². The van der Waals surface area contributed by atoms with Gasteiger partial charge in [-0.3, -0.25) is 4.57 Å². The van der Waals surface area contributed by atoms with E-state index in [2.05, 4.69) is 4.52 Å². The van der Waals surface area contributed by atoms with E-state index in [9.17, 15) is 9.36 Å². The highest BCUT2D eigenvalue weighted by Gasteiger charge is 2.18. The summed E-state index contributed by atoms with van der Waals surface area (Å²) in [7, 11) is -3.48. The number of rotatable bonds is 6. The molecule has 1 N–H and O–H groups in total. The molecule has 0 saturated carbocycles. The maximum atomic E-state index is 11.1. The van der Waals surface area contributed by atoms with Gasteiger partial charge in [-0.05, 0) is 13.3 Å². The van der Waals surface area contributed by atoms with E-state index in [0.29, 0.717) is 6.42 Å². The van der Waals surface area contributed by atoms with Crippen molar-refractivity contribution in [1.82, 2.24) is 0 Å². The van der Waals surface area contributed by atoms with Gasteiger partial charge in [-0.15, -0.1) is 0 Å². The van der Waals surface area contributed by atoms with Crippen molar-refractivity contribution >= 4 is 13.4 Å². The third-order valence-corrected chi connectivity index (χ3v) is 2.62. The second-order valence-electron chi connectivity index (χ2n) is 2.65. The molecule has 0 heterocycles. The van der Waals surface area contributed by atoms with Crippen LogP contribution in [0.25, 0.3) is 0 Å². The third kappa shape index (κ3) is 6.53. The van der Waals surface area contributed by atoms with Crippen molar-refractivity contribution in [1.29, 1.82) is 0 Å². The molecule has 0 fully saturated rings. The fourth-order valence-electron chi connectivity index (χ4n) is 0.597. The lowest BCUT2D eigenvalue weighted by Gasteiger charge is -2.09. The monoisotopic (exact) mass is 194 g/mol. The number of hydrogen-bond acceptors (Lipinski definition) is 3. The van der Waals surface area contributed by atoms with Crippen LogP contribution in [0.5, 0.6) is 0 Å². The summed E-state index contributed by atoms with van der Waals surface area (Å²) >= 11 is 0. The fraction of sp³-hybridized carbons (Fsp3) is 0.857. The zero-order valence-corrected chi connectivity index (χ0v) is 8.34. The molecular weight excluding hydrogens is 179 g/mol. The maximum absolute atomic E-state index is 11.1. The average molecular weight is 194 g/mol. The number of Topliss-reactive ketones (excluding diaryl/α,β-unsaturated/α-hetero) is 1. The van der Waals surface area contributed by atoms with Crippen LogP contribution in [0.3, 0.4) is 0 Å². The van der Waals surface area contributed by atoms with Crippen molar-refractivity contribution in [2.75, 3.05) is 12.8 Å². The van der Waals surface area contributed by atoms with Crippen LogP contribution >= 0.6 is 7.60 Å². The Morgan fingerprint density at radius 3 is 2.58 bits per heavy atom. The smallest absolute Gasteiger partial charge is 0.324 e. The molecule has 0 aromatic rings. The van der Waals surface area contributed by atoms with Gasteiger partial charge in [-0.1, -0.05) is 6.92 Å². The molecule has 0 amide bonds. The summed E-state index contributed by atoms with van der Waals surface area (Å²) in [6.45, 7) is 3.51. The molecule has 0 bridgehead atoms. The van der Waals surface area contributed by atoms with Crippen LogP contribution in [0.1, 0.15) is 26.7 Å². The molecule has 0 spiro atoms. The van der Waals surface area contributed by atoms with Crippen LogP contribution in [0, 0.1) is 0 Å². The molecule has 4 nitrogen and oxygen atoms in total. The predicted molar refractivity (Wildman–Crippen MR) is 46.2 cm³/mol. The maximum Gasteiger partial charge on any atom is 0.328 e. The minimum atomic E-state index is -3.48. The zero-order chi connectivity index (χ0) is 9.61. The van der Waals surface area contributed by atoms with E-state index < -0.39 is 7.60 Å². The molecule has 12 heavy (non-hydrogen) atoms. The van der Waals surface area contributed by atoms with E-state index in [-0.39, 0.29) is 25.0 Å². The van der Waals surface area contributed by atoms with Crippen molar-refractivity contribution in [3.63, 3.8) is 0 Å². The summed E-state index contributed by atoms with van der Waals surface area (Å²) in [4.78, 5) is 19.6. The van der Waals surface area contributed by atoms with Crippen LogP contribution in [-0.2, 0) is 13.9 Å². The Balaban J connectivity index is 3.71. The van der Waals surface area contributed by atoms with Crippen molar-refractivity contribution in [2.45, 2.75) is 26.7 Å². The molecule has 0 radical (unpaired) electrons. The topological polar surface area (TPSA) is 63.6 Å². The largest absolute Gasteiger partial charge is 0.328 e. The quantitative estimate of drug-likeness (QED) is 0.652. The molecule has 1 atom stereocenters.